The molecular weight excluding hydrogens is 214 g/mol. The predicted molar refractivity (Wildman–Crippen MR) is 64.3 cm³/mol. The summed E-state index contributed by atoms with van der Waals surface area (Å²) < 4.78 is 0. The van der Waals surface area contributed by atoms with E-state index in [0.717, 1.165) is 25.9 Å². The fourth-order valence-electron chi connectivity index (χ4n) is 3.12. The molecule has 1 saturated heterocycles. The maximum absolute atomic E-state index is 12.2. The molecule has 1 aromatic rings. The summed E-state index contributed by atoms with van der Waals surface area (Å²) in [4.78, 5) is 18.2. The number of amides is 1. The number of aromatic nitrogens is 1. The van der Waals surface area contributed by atoms with Crippen LogP contribution in [0.15, 0.2) is 24.4 Å². The summed E-state index contributed by atoms with van der Waals surface area (Å²) in [5.74, 6) is 1.16. The molecule has 2 aliphatic rings. The molecule has 0 spiro atoms. The number of nitrogens with two attached hydrogens (primary N) is 1. The molecule has 1 aliphatic carbocycles. The molecule has 90 valence electrons. The number of pyridine rings is 1. The molecule has 1 amide bonds. The van der Waals surface area contributed by atoms with Gasteiger partial charge in [0.15, 0.2) is 0 Å². The molecule has 1 aromatic heterocycles. The van der Waals surface area contributed by atoms with E-state index in [9.17, 15) is 4.79 Å². The van der Waals surface area contributed by atoms with Crippen molar-refractivity contribution in [2.75, 3.05) is 13.1 Å². The van der Waals surface area contributed by atoms with Gasteiger partial charge in [0.05, 0.1) is 0 Å². The highest BCUT2D eigenvalue weighted by Gasteiger charge is 2.42. The number of rotatable bonds is 1. The van der Waals surface area contributed by atoms with Crippen molar-refractivity contribution in [3.05, 3.63) is 30.1 Å². The van der Waals surface area contributed by atoms with Crippen LogP contribution in [0.3, 0.4) is 0 Å². The fourth-order valence-corrected chi connectivity index (χ4v) is 3.12. The van der Waals surface area contributed by atoms with Crippen LogP contribution in [0.2, 0.25) is 0 Å². The second kappa shape index (κ2) is 4.11. The SMILES string of the molecule is NC1CCC2CN(C(=O)c3ccccn3)CC12. The van der Waals surface area contributed by atoms with Crippen molar-refractivity contribution in [3.8, 4) is 0 Å². The minimum atomic E-state index is 0.0483. The summed E-state index contributed by atoms with van der Waals surface area (Å²) in [6.07, 6.45) is 3.94. The number of carbonyl (C=O) groups excluding carboxylic acids is 1. The van der Waals surface area contributed by atoms with Crippen LogP contribution in [0.1, 0.15) is 23.3 Å². The summed E-state index contributed by atoms with van der Waals surface area (Å²) in [6, 6.07) is 5.73. The Morgan fingerprint density at radius 2 is 2.24 bits per heavy atom. The zero-order valence-electron chi connectivity index (χ0n) is 9.75. The molecule has 4 nitrogen and oxygen atoms in total. The third-order valence-corrected chi connectivity index (χ3v) is 4.08. The minimum absolute atomic E-state index is 0.0483. The van der Waals surface area contributed by atoms with E-state index >= 15 is 0 Å². The van der Waals surface area contributed by atoms with Gasteiger partial charge in [-0.3, -0.25) is 9.78 Å². The zero-order valence-corrected chi connectivity index (χ0v) is 9.75. The lowest BCUT2D eigenvalue weighted by Crippen LogP contribution is -2.33. The molecule has 3 atom stereocenters. The molecule has 1 saturated carbocycles. The summed E-state index contributed by atoms with van der Waals surface area (Å²) in [5, 5.41) is 0. The summed E-state index contributed by atoms with van der Waals surface area (Å²) >= 11 is 0. The first-order valence-corrected chi connectivity index (χ1v) is 6.21. The zero-order chi connectivity index (χ0) is 11.8. The van der Waals surface area contributed by atoms with Crippen LogP contribution < -0.4 is 5.73 Å². The molecule has 0 aromatic carbocycles. The van der Waals surface area contributed by atoms with Gasteiger partial charge in [-0.15, -0.1) is 0 Å². The van der Waals surface area contributed by atoms with E-state index in [4.69, 9.17) is 5.73 Å². The number of hydrogen-bond donors (Lipinski definition) is 1. The Balaban J connectivity index is 1.73. The highest BCUT2D eigenvalue weighted by atomic mass is 16.2. The third-order valence-electron chi connectivity index (χ3n) is 4.08. The fraction of sp³-hybridized carbons (Fsp3) is 0.538. The Bertz CT molecular complexity index is 420. The average Bonchev–Trinajstić information content (AvgIpc) is 2.92. The lowest BCUT2D eigenvalue weighted by atomic mass is 9.98. The van der Waals surface area contributed by atoms with Gasteiger partial charge in [-0.2, -0.15) is 0 Å². The number of likely N-dealkylation sites (tertiary alicyclic amines) is 1. The normalized spacial score (nSPS) is 31.6. The molecule has 0 radical (unpaired) electrons. The molecule has 2 N–H and O–H groups in total. The van der Waals surface area contributed by atoms with Crippen molar-refractivity contribution < 1.29 is 4.79 Å². The van der Waals surface area contributed by atoms with Crippen LogP contribution in [0.25, 0.3) is 0 Å². The molecule has 1 aliphatic heterocycles. The molecular formula is C13H17N3O. The van der Waals surface area contributed by atoms with E-state index in [1.807, 2.05) is 17.0 Å². The van der Waals surface area contributed by atoms with E-state index in [1.54, 1.807) is 12.3 Å². The third kappa shape index (κ3) is 1.82. The Kier molecular flexibility index (Phi) is 2.59. The Labute approximate surface area is 101 Å². The highest BCUT2D eigenvalue weighted by molar-refractivity contribution is 5.92. The van der Waals surface area contributed by atoms with Crippen molar-refractivity contribution >= 4 is 5.91 Å². The van der Waals surface area contributed by atoms with Gasteiger partial charge in [-0.1, -0.05) is 6.07 Å². The average molecular weight is 231 g/mol. The van der Waals surface area contributed by atoms with Crippen molar-refractivity contribution in [2.45, 2.75) is 18.9 Å². The highest BCUT2D eigenvalue weighted by Crippen LogP contribution is 2.37. The molecule has 3 rings (SSSR count). The van der Waals surface area contributed by atoms with Crippen molar-refractivity contribution in [3.63, 3.8) is 0 Å². The molecule has 4 heteroatoms. The smallest absolute Gasteiger partial charge is 0.272 e. The van der Waals surface area contributed by atoms with Crippen molar-refractivity contribution in [1.29, 1.82) is 0 Å². The number of fused-ring (bicyclic) bond motifs is 1. The summed E-state index contributed by atoms with van der Waals surface area (Å²) in [6.45, 7) is 1.66. The first kappa shape index (κ1) is 10.7. The summed E-state index contributed by atoms with van der Waals surface area (Å²) in [5.41, 5.74) is 6.61. The number of nitrogens with zero attached hydrogens (tertiary/aromatic N) is 2. The van der Waals surface area contributed by atoms with Crippen molar-refractivity contribution in [1.82, 2.24) is 9.88 Å². The van der Waals surface area contributed by atoms with Crippen LogP contribution in [-0.2, 0) is 0 Å². The standard InChI is InChI=1S/C13H17N3O/c14-11-5-4-9-7-16(8-10(9)11)13(17)12-3-1-2-6-15-12/h1-3,6,9-11H,4-5,7-8,14H2. The van der Waals surface area contributed by atoms with E-state index in [0.29, 0.717) is 17.5 Å². The first-order valence-electron chi connectivity index (χ1n) is 6.21. The largest absolute Gasteiger partial charge is 0.337 e. The van der Waals surface area contributed by atoms with Crippen LogP contribution in [0.5, 0.6) is 0 Å². The van der Waals surface area contributed by atoms with E-state index in [-0.39, 0.29) is 11.9 Å². The minimum Gasteiger partial charge on any atom is -0.337 e. The summed E-state index contributed by atoms with van der Waals surface area (Å²) in [7, 11) is 0. The molecule has 3 unspecified atom stereocenters. The molecule has 2 fully saturated rings. The van der Waals surface area contributed by atoms with E-state index in [1.165, 1.54) is 0 Å². The van der Waals surface area contributed by atoms with Gasteiger partial charge in [-0.05, 0) is 36.8 Å². The Morgan fingerprint density at radius 1 is 1.35 bits per heavy atom. The second-order valence-electron chi connectivity index (χ2n) is 5.09. The lowest BCUT2D eigenvalue weighted by molar-refractivity contribution is 0.0774. The van der Waals surface area contributed by atoms with E-state index < -0.39 is 0 Å². The van der Waals surface area contributed by atoms with Crippen LogP contribution >= 0.6 is 0 Å². The first-order chi connectivity index (χ1) is 8.25. The quantitative estimate of drug-likeness (QED) is 0.781. The van der Waals surface area contributed by atoms with Crippen LogP contribution in [0.4, 0.5) is 0 Å². The van der Waals surface area contributed by atoms with Gasteiger partial charge >= 0.3 is 0 Å². The number of hydrogen-bond acceptors (Lipinski definition) is 3. The van der Waals surface area contributed by atoms with Crippen molar-refractivity contribution in [2.24, 2.45) is 17.6 Å². The van der Waals surface area contributed by atoms with Gasteiger partial charge < -0.3 is 10.6 Å². The van der Waals surface area contributed by atoms with Gasteiger partial charge in [0.2, 0.25) is 0 Å². The van der Waals surface area contributed by atoms with Crippen LogP contribution in [0, 0.1) is 11.8 Å². The maximum Gasteiger partial charge on any atom is 0.272 e. The van der Waals surface area contributed by atoms with Crippen LogP contribution in [-0.4, -0.2) is 34.9 Å². The van der Waals surface area contributed by atoms with Gasteiger partial charge in [0.1, 0.15) is 5.69 Å². The van der Waals surface area contributed by atoms with Gasteiger partial charge in [0.25, 0.3) is 5.91 Å². The molecule has 0 bridgehead atoms. The lowest BCUT2D eigenvalue weighted by Gasteiger charge is -2.18. The Hall–Kier alpha value is -1.42. The number of carbonyl (C=O) groups is 1. The maximum atomic E-state index is 12.2. The monoisotopic (exact) mass is 231 g/mol. The van der Waals surface area contributed by atoms with E-state index in [2.05, 4.69) is 4.98 Å². The molecule has 2 heterocycles. The van der Waals surface area contributed by atoms with Gasteiger partial charge in [-0.25, -0.2) is 0 Å². The van der Waals surface area contributed by atoms with Gasteiger partial charge in [0, 0.05) is 25.3 Å². The Morgan fingerprint density at radius 3 is 2.94 bits per heavy atom. The second-order valence-corrected chi connectivity index (χ2v) is 5.09. The predicted octanol–water partition coefficient (Wildman–Crippen LogP) is 0.891. The topological polar surface area (TPSA) is 59.2 Å². The molecule has 17 heavy (non-hydrogen) atoms.